The molecule has 0 bridgehead atoms. The average Bonchev–Trinajstić information content (AvgIpc) is 2.82. The number of nitrogens with zero attached hydrogens (tertiary/aromatic N) is 1. The molecule has 1 aliphatic heterocycles. The third-order valence-electron chi connectivity index (χ3n) is 5.00. The van der Waals surface area contributed by atoms with Gasteiger partial charge in [0.1, 0.15) is 13.2 Å². The summed E-state index contributed by atoms with van der Waals surface area (Å²) in [4.78, 5) is 13.1. The Morgan fingerprint density at radius 1 is 0.900 bits per heavy atom. The predicted molar refractivity (Wildman–Crippen MR) is 114 cm³/mol. The number of hydrazone groups is 1. The lowest BCUT2D eigenvalue weighted by atomic mass is 9.85. The fourth-order valence-electron chi connectivity index (χ4n) is 3.34. The normalized spacial score (nSPS) is 13.6. The number of carbonyl (C=O) groups is 1. The second-order valence-corrected chi connectivity index (χ2v) is 6.94. The van der Waals surface area contributed by atoms with Crippen molar-refractivity contribution in [1.82, 2.24) is 5.43 Å². The summed E-state index contributed by atoms with van der Waals surface area (Å²) >= 11 is 0. The number of ether oxygens (including phenoxy) is 2. The van der Waals surface area contributed by atoms with Gasteiger partial charge in [0.05, 0.1) is 5.71 Å². The first kappa shape index (κ1) is 19.7. The van der Waals surface area contributed by atoms with Gasteiger partial charge < -0.3 is 14.6 Å². The molecule has 0 atom stereocenters. The Labute approximate surface area is 174 Å². The van der Waals surface area contributed by atoms with Crippen LogP contribution in [0.15, 0.2) is 84.0 Å². The number of rotatable bonds is 5. The van der Waals surface area contributed by atoms with E-state index in [-0.39, 0.29) is 0 Å². The predicted octanol–water partition coefficient (Wildman–Crippen LogP) is 3.23. The Hall–Kier alpha value is -3.64. The van der Waals surface area contributed by atoms with Crippen LogP contribution in [-0.2, 0) is 10.4 Å². The molecule has 1 heterocycles. The second-order valence-electron chi connectivity index (χ2n) is 6.94. The van der Waals surface area contributed by atoms with E-state index in [0.717, 1.165) is 5.56 Å². The Balaban J connectivity index is 1.62. The zero-order valence-electron chi connectivity index (χ0n) is 16.5. The maximum absolute atomic E-state index is 13.1. The van der Waals surface area contributed by atoms with Gasteiger partial charge in [-0.05, 0) is 36.2 Å². The summed E-state index contributed by atoms with van der Waals surface area (Å²) in [7, 11) is 0. The number of aliphatic hydroxyl groups is 1. The zero-order chi connectivity index (χ0) is 21.0. The van der Waals surface area contributed by atoms with Crippen molar-refractivity contribution in [3.05, 3.63) is 95.6 Å². The van der Waals surface area contributed by atoms with Gasteiger partial charge in [0.25, 0.3) is 5.91 Å². The minimum absolute atomic E-state index is 0.459. The largest absolute Gasteiger partial charge is 0.486 e. The van der Waals surface area contributed by atoms with E-state index >= 15 is 0 Å². The smallest absolute Gasteiger partial charge is 0.281 e. The van der Waals surface area contributed by atoms with Crippen LogP contribution in [-0.4, -0.2) is 29.9 Å². The van der Waals surface area contributed by atoms with E-state index in [1.54, 1.807) is 55.5 Å². The number of amides is 1. The molecule has 0 radical (unpaired) electrons. The molecule has 0 saturated carbocycles. The monoisotopic (exact) mass is 402 g/mol. The van der Waals surface area contributed by atoms with Gasteiger partial charge >= 0.3 is 0 Å². The van der Waals surface area contributed by atoms with Crippen molar-refractivity contribution in [3.63, 3.8) is 0 Å². The molecule has 0 spiro atoms. The lowest BCUT2D eigenvalue weighted by Crippen LogP contribution is -2.43. The third kappa shape index (κ3) is 3.77. The van der Waals surface area contributed by atoms with Crippen LogP contribution in [0.4, 0.5) is 0 Å². The average molecular weight is 402 g/mol. The van der Waals surface area contributed by atoms with E-state index in [9.17, 15) is 9.90 Å². The van der Waals surface area contributed by atoms with E-state index in [4.69, 9.17) is 9.47 Å². The van der Waals surface area contributed by atoms with E-state index in [0.29, 0.717) is 41.6 Å². The highest BCUT2D eigenvalue weighted by atomic mass is 16.6. The molecule has 2 N–H and O–H groups in total. The van der Waals surface area contributed by atoms with Crippen LogP contribution in [0.5, 0.6) is 11.5 Å². The summed E-state index contributed by atoms with van der Waals surface area (Å²) in [6.45, 7) is 2.79. The van der Waals surface area contributed by atoms with Crippen LogP contribution in [0.3, 0.4) is 0 Å². The van der Waals surface area contributed by atoms with Crippen LogP contribution in [0.1, 0.15) is 23.6 Å². The van der Waals surface area contributed by atoms with Crippen molar-refractivity contribution >= 4 is 11.6 Å². The standard InChI is InChI=1S/C24H22N2O4/c1-17(18-12-13-21-22(16-18)30-15-14-29-21)25-26-23(27)24(28,19-8-4-2-5-9-19)20-10-6-3-7-11-20/h2-13,16,28H,14-15H2,1H3,(H,26,27)/b25-17+. The number of benzene rings is 3. The van der Waals surface area contributed by atoms with Crippen LogP contribution in [0.25, 0.3) is 0 Å². The molecule has 0 saturated heterocycles. The van der Waals surface area contributed by atoms with Gasteiger partial charge in [0.15, 0.2) is 17.1 Å². The van der Waals surface area contributed by atoms with Gasteiger partial charge in [-0.15, -0.1) is 0 Å². The molecule has 0 fully saturated rings. The molecule has 4 rings (SSSR count). The molecule has 30 heavy (non-hydrogen) atoms. The number of hydrogen-bond donors (Lipinski definition) is 2. The molecule has 6 heteroatoms. The fraction of sp³-hybridized carbons (Fsp3) is 0.167. The van der Waals surface area contributed by atoms with Crippen molar-refractivity contribution in [3.8, 4) is 11.5 Å². The molecule has 1 aliphatic rings. The molecule has 3 aromatic carbocycles. The fourth-order valence-corrected chi connectivity index (χ4v) is 3.34. The number of carbonyl (C=O) groups excluding carboxylic acids is 1. The molecule has 3 aromatic rings. The van der Waals surface area contributed by atoms with Crippen LogP contribution < -0.4 is 14.9 Å². The van der Waals surface area contributed by atoms with Crippen molar-refractivity contribution in [2.24, 2.45) is 5.10 Å². The Morgan fingerprint density at radius 2 is 1.47 bits per heavy atom. The summed E-state index contributed by atoms with van der Waals surface area (Å²) < 4.78 is 11.1. The third-order valence-corrected chi connectivity index (χ3v) is 5.00. The zero-order valence-corrected chi connectivity index (χ0v) is 16.5. The Bertz CT molecular complexity index is 1030. The number of hydrogen-bond acceptors (Lipinski definition) is 5. The van der Waals surface area contributed by atoms with Crippen LogP contribution in [0, 0.1) is 0 Å². The van der Waals surface area contributed by atoms with Crippen molar-refractivity contribution in [2.45, 2.75) is 12.5 Å². The SMILES string of the molecule is C/C(=N\NC(=O)C(O)(c1ccccc1)c1ccccc1)c1ccc2c(c1)OCCO2. The summed E-state index contributed by atoms with van der Waals surface area (Å²) in [6, 6.07) is 23.1. The first-order valence-electron chi connectivity index (χ1n) is 9.67. The minimum Gasteiger partial charge on any atom is -0.486 e. The summed E-state index contributed by atoms with van der Waals surface area (Å²) in [5.41, 5.74) is 2.92. The van der Waals surface area contributed by atoms with Gasteiger partial charge in [-0.1, -0.05) is 60.7 Å². The van der Waals surface area contributed by atoms with Crippen LogP contribution in [0.2, 0.25) is 0 Å². The van der Waals surface area contributed by atoms with E-state index < -0.39 is 11.5 Å². The Kier molecular flexibility index (Phi) is 5.50. The van der Waals surface area contributed by atoms with Gasteiger partial charge in [0.2, 0.25) is 0 Å². The lowest BCUT2D eigenvalue weighted by Gasteiger charge is -2.27. The van der Waals surface area contributed by atoms with Gasteiger partial charge in [-0.25, -0.2) is 5.43 Å². The first-order valence-corrected chi connectivity index (χ1v) is 9.67. The lowest BCUT2D eigenvalue weighted by molar-refractivity contribution is -0.136. The maximum atomic E-state index is 13.1. The van der Waals surface area contributed by atoms with E-state index in [2.05, 4.69) is 10.5 Å². The Morgan fingerprint density at radius 3 is 2.07 bits per heavy atom. The van der Waals surface area contributed by atoms with E-state index in [1.165, 1.54) is 0 Å². The van der Waals surface area contributed by atoms with Crippen molar-refractivity contribution < 1.29 is 19.4 Å². The van der Waals surface area contributed by atoms with Crippen molar-refractivity contribution in [1.29, 1.82) is 0 Å². The molecule has 0 unspecified atom stereocenters. The van der Waals surface area contributed by atoms with Crippen molar-refractivity contribution in [2.75, 3.05) is 13.2 Å². The number of fused-ring (bicyclic) bond motifs is 1. The summed E-state index contributed by atoms with van der Waals surface area (Å²) in [6.07, 6.45) is 0. The van der Waals surface area contributed by atoms with Crippen LogP contribution >= 0.6 is 0 Å². The van der Waals surface area contributed by atoms with Gasteiger partial charge in [-0.2, -0.15) is 5.10 Å². The molecular weight excluding hydrogens is 380 g/mol. The maximum Gasteiger partial charge on any atom is 0.281 e. The molecule has 1 amide bonds. The number of nitrogens with one attached hydrogen (secondary N) is 1. The van der Waals surface area contributed by atoms with E-state index in [1.807, 2.05) is 30.3 Å². The molecule has 152 valence electrons. The topological polar surface area (TPSA) is 80.2 Å². The minimum atomic E-state index is -1.88. The highest BCUT2D eigenvalue weighted by molar-refractivity contribution is 6.00. The molecule has 6 nitrogen and oxygen atoms in total. The summed E-state index contributed by atoms with van der Waals surface area (Å²) in [5, 5.41) is 15.7. The second kappa shape index (κ2) is 8.39. The highest BCUT2D eigenvalue weighted by Gasteiger charge is 2.39. The van der Waals surface area contributed by atoms with Gasteiger partial charge in [0, 0.05) is 5.56 Å². The first-order chi connectivity index (χ1) is 14.6. The summed E-state index contributed by atoms with van der Waals surface area (Å²) in [5.74, 6) is 0.686. The quantitative estimate of drug-likeness (QED) is 0.507. The molecule has 0 aromatic heterocycles. The van der Waals surface area contributed by atoms with Gasteiger partial charge in [-0.3, -0.25) is 4.79 Å². The highest BCUT2D eigenvalue weighted by Crippen LogP contribution is 2.31. The molecular formula is C24H22N2O4. The molecule has 0 aliphatic carbocycles.